The molecule has 0 spiro atoms. The van der Waals surface area contributed by atoms with Crippen molar-refractivity contribution in [3.63, 3.8) is 0 Å². The van der Waals surface area contributed by atoms with Crippen molar-refractivity contribution in [1.82, 2.24) is 9.80 Å². The lowest BCUT2D eigenvalue weighted by Crippen LogP contribution is -2.45. The van der Waals surface area contributed by atoms with Crippen LogP contribution in [0, 0.1) is 5.92 Å². The number of likely N-dealkylation sites (N-methyl/N-ethyl adjacent to an activating group) is 1. The lowest BCUT2D eigenvalue weighted by Gasteiger charge is -2.31. The highest BCUT2D eigenvalue weighted by Gasteiger charge is 2.28. The number of nitrogens with zero attached hydrogens (tertiary/aromatic N) is 2. The first kappa shape index (κ1) is 18.7. The van der Waals surface area contributed by atoms with Gasteiger partial charge in [-0.3, -0.25) is 14.4 Å². The van der Waals surface area contributed by atoms with Gasteiger partial charge in [-0.15, -0.1) is 0 Å². The molecule has 1 saturated heterocycles. The molecule has 142 valence electrons. The topological polar surface area (TPSA) is 91.1 Å². The van der Waals surface area contributed by atoms with Crippen LogP contribution in [0.25, 0.3) is 11.1 Å². The van der Waals surface area contributed by atoms with Crippen LogP contribution in [-0.2, 0) is 9.59 Å². The number of hydrogen-bond acceptors (Lipinski definition) is 4. The zero-order valence-corrected chi connectivity index (χ0v) is 15.1. The van der Waals surface area contributed by atoms with E-state index >= 15 is 0 Å². The summed E-state index contributed by atoms with van der Waals surface area (Å²) in [6.45, 7) is 0.786. The first-order valence-electron chi connectivity index (χ1n) is 8.84. The molecule has 1 N–H and O–H groups in total. The van der Waals surface area contributed by atoms with E-state index in [4.69, 9.17) is 9.52 Å². The predicted molar refractivity (Wildman–Crippen MR) is 98.0 cm³/mol. The second-order valence-corrected chi connectivity index (χ2v) is 6.75. The van der Waals surface area contributed by atoms with E-state index < -0.39 is 5.97 Å². The zero-order chi connectivity index (χ0) is 19.4. The molecule has 0 saturated carbocycles. The number of aliphatic carboxylic acids is 1. The van der Waals surface area contributed by atoms with Gasteiger partial charge in [0.15, 0.2) is 0 Å². The van der Waals surface area contributed by atoms with Crippen LogP contribution in [0.15, 0.2) is 47.3 Å². The van der Waals surface area contributed by atoms with Crippen molar-refractivity contribution in [1.29, 1.82) is 0 Å². The molecule has 1 aliphatic heterocycles. The second kappa shape index (κ2) is 8.07. The minimum Gasteiger partial charge on any atom is -0.481 e. The van der Waals surface area contributed by atoms with E-state index in [0.717, 1.165) is 11.1 Å². The first-order valence-corrected chi connectivity index (χ1v) is 8.84. The maximum atomic E-state index is 12.7. The van der Waals surface area contributed by atoms with Crippen molar-refractivity contribution in [3.8, 4) is 11.1 Å². The third kappa shape index (κ3) is 4.36. The smallest absolute Gasteiger partial charge is 0.306 e. The number of carboxylic acids is 1. The summed E-state index contributed by atoms with van der Waals surface area (Å²) >= 11 is 0. The number of likely N-dealkylation sites (tertiary alicyclic amines) is 1. The van der Waals surface area contributed by atoms with E-state index in [1.54, 1.807) is 42.7 Å². The van der Waals surface area contributed by atoms with Crippen LogP contribution in [0.3, 0.4) is 0 Å². The second-order valence-electron chi connectivity index (χ2n) is 6.75. The maximum absolute atomic E-state index is 12.7. The third-order valence-corrected chi connectivity index (χ3v) is 4.88. The van der Waals surface area contributed by atoms with E-state index in [1.165, 1.54) is 4.90 Å². The molecule has 7 heteroatoms. The standard InChI is InChI=1S/C20H22N2O5/c1-21(12-18(23)22-8-5-14(6-9-22)20(25)26)19(24)16-4-2-3-15(11-16)17-7-10-27-13-17/h2-4,7,10-11,13-14H,5-6,8-9,12H2,1H3,(H,25,26). The summed E-state index contributed by atoms with van der Waals surface area (Å²) < 4.78 is 5.08. The number of piperidine rings is 1. The Morgan fingerprint density at radius 1 is 1.19 bits per heavy atom. The van der Waals surface area contributed by atoms with Crippen LogP contribution in [0.5, 0.6) is 0 Å². The minimum atomic E-state index is -0.813. The monoisotopic (exact) mass is 370 g/mol. The Kier molecular flexibility index (Phi) is 5.59. The quantitative estimate of drug-likeness (QED) is 0.872. The number of hydrogen-bond donors (Lipinski definition) is 1. The fraction of sp³-hybridized carbons (Fsp3) is 0.350. The van der Waals surface area contributed by atoms with Crippen molar-refractivity contribution >= 4 is 17.8 Å². The van der Waals surface area contributed by atoms with Crippen LogP contribution in [0.2, 0.25) is 0 Å². The molecule has 2 amide bonds. The molecule has 7 nitrogen and oxygen atoms in total. The molecule has 0 bridgehead atoms. The third-order valence-electron chi connectivity index (χ3n) is 4.88. The van der Waals surface area contributed by atoms with Crippen molar-refractivity contribution in [2.75, 3.05) is 26.7 Å². The number of benzene rings is 1. The molecule has 27 heavy (non-hydrogen) atoms. The molecular weight excluding hydrogens is 348 g/mol. The molecule has 1 fully saturated rings. The number of carboxylic acid groups (broad SMARTS) is 1. The zero-order valence-electron chi connectivity index (χ0n) is 15.1. The molecule has 0 radical (unpaired) electrons. The van der Waals surface area contributed by atoms with Crippen LogP contribution in [0.4, 0.5) is 0 Å². The number of furan rings is 1. The van der Waals surface area contributed by atoms with Gasteiger partial charge >= 0.3 is 5.97 Å². The largest absolute Gasteiger partial charge is 0.481 e. The molecular formula is C20H22N2O5. The van der Waals surface area contributed by atoms with Gasteiger partial charge in [-0.2, -0.15) is 0 Å². The van der Waals surface area contributed by atoms with Gasteiger partial charge in [-0.1, -0.05) is 12.1 Å². The summed E-state index contributed by atoms with van der Waals surface area (Å²) in [5.41, 5.74) is 2.24. The highest BCUT2D eigenvalue weighted by Crippen LogP contribution is 2.21. The van der Waals surface area contributed by atoms with Gasteiger partial charge < -0.3 is 19.3 Å². The first-order chi connectivity index (χ1) is 13.0. The average molecular weight is 370 g/mol. The Labute approximate surface area is 157 Å². The van der Waals surface area contributed by atoms with E-state index in [1.807, 2.05) is 12.1 Å². The predicted octanol–water partition coefficient (Wildman–Crippen LogP) is 2.34. The highest BCUT2D eigenvalue weighted by molar-refractivity contribution is 5.97. The number of rotatable bonds is 5. The van der Waals surface area contributed by atoms with Crippen LogP contribution >= 0.6 is 0 Å². The Bertz CT molecular complexity index is 823. The molecule has 2 aromatic rings. The minimum absolute atomic E-state index is 0.0352. The number of amides is 2. The fourth-order valence-electron chi connectivity index (χ4n) is 3.23. The Morgan fingerprint density at radius 3 is 2.56 bits per heavy atom. The van der Waals surface area contributed by atoms with Crippen molar-refractivity contribution < 1.29 is 23.9 Å². The average Bonchev–Trinajstić information content (AvgIpc) is 3.22. The van der Waals surface area contributed by atoms with Gasteiger partial charge in [0.2, 0.25) is 5.91 Å². The Hall–Kier alpha value is -3.09. The summed E-state index contributed by atoms with van der Waals surface area (Å²) in [6, 6.07) is 8.98. The van der Waals surface area contributed by atoms with Gasteiger partial charge in [0.05, 0.1) is 25.0 Å². The Morgan fingerprint density at radius 2 is 1.93 bits per heavy atom. The fourth-order valence-corrected chi connectivity index (χ4v) is 3.23. The van der Waals surface area contributed by atoms with Gasteiger partial charge in [0.1, 0.15) is 0 Å². The molecule has 0 atom stereocenters. The summed E-state index contributed by atoms with van der Waals surface area (Å²) in [4.78, 5) is 39.2. The van der Waals surface area contributed by atoms with E-state index in [9.17, 15) is 14.4 Å². The van der Waals surface area contributed by atoms with E-state index in [0.29, 0.717) is 31.5 Å². The molecule has 2 heterocycles. The summed E-state index contributed by atoms with van der Waals surface area (Å²) in [5.74, 6) is -1.61. The molecule has 0 unspecified atom stereocenters. The van der Waals surface area contributed by atoms with Crippen LogP contribution in [-0.4, -0.2) is 59.4 Å². The highest BCUT2D eigenvalue weighted by atomic mass is 16.4. The Balaban J connectivity index is 1.60. The van der Waals surface area contributed by atoms with Gasteiger partial charge in [0.25, 0.3) is 5.91 Å². The normalized spacial score (nSPS) is 14.8. The van der Waals surface area contributed by atoms with Crippen molar-refractivity contribution in [2.45, 2.75) is 12.8 Å². The molecule has 0 aliphatic carbocycles. The summed E-state index contributed by atoms with van der Waals surface area (Å²) in [7, 11) is 1.59. The van der Waals surface area contributed by atoms with E-state index in [-0.39, 0.29) is 24.3 Å². The van der Waals surface area contributed by atoms with Crippen molar-refractivity contribution in [2.24, 2.45) is 5.92 Å². The van der Waals surface area contributed by atoms with Crippen molar-refractivity contribution in [3.05, 3.63) is 48.4 Å². The molecule has 1 aromatic heterocycles. The lowest BCUT2D eigenvalue weighted by atomic mass is 9.97. The van der Waals surface area contributed by atoms with Gasteiger partial charge in [-0.05, 0) is 36.6 Å². The SMILES string of the molecule is CN(CC(=O)N1CCC(C(=O)O)CC1)C(=O)c1cccc(-c2ccoc2)c1. The molecule has 1 aliphatic rings. The lowest BCUT2D eigenvalue weighted by molar-refractivity contribution is -0.145. The summed E-state index contributed by atoms with van der Waals surface area (Å²) in [5, 5.41) is 9.04. The maximum Gasteiger partial charge on any atom is 0.306 e. The number of carbonyl (C=O) groups is 3. The molecule has 1 aromatic carbocycles. The number of carbonyl (C=O) groups excluding carboxylic acids is 2. The van der Waals surface area contributed by atoms with Crippen LogP contribution in [0.1, 0.15) is 23.2 Å². The molecule has 3 rings (SSSR count). The van der Waals surface area contributed by atoms with E-state index in [2.05, 4.69) is 0 Å². The van der Waals surface area contributed by atoms with Crippen LogP contribution < -0.4 is 0 Å². The van der Waals surface area contributed by atoms with Gasteiger partial charge in [-0.25, -0.2) is 0 Å². The summed E-state index contributed by atoms with van der Waals surface area (Å²) in [6.07, 6.45) is 4.08. The van der Waals surface area contributed by atoms with Gasteiger partial charge in [0, 0.05) is 31.3 Å².